The van der Waals surface area contributed by atoms with Crippen LogP contribution < -0.4 is 4.74 Å². The molecule has 7 heteroatoms. The molecule has 1 aliphatic heterocycles. The third-order valence-corrected chi connectivity index (χ3v) is 6.86. The molecule has 1 amide bonds. The predicted octanol–water partition coefficient (Wildman–Crippen LogP) is 7.74. The largest absolute Gasteiger partial charge is 0.494 e. The standard InChI is InChI=1S/C28H34Cl2N2O3/c1-19(2)18-35-28(33)32-15-13-23-24-17-21(30)9-12-25(24)31-26(23)27(32)20-7-10-22(11-8-20)34-16-6-4-3-5-14-29/h7-12,17,19,27,31H,3-6,13-16,18H2,1-2H3. The highest BCUT2D eigenvalue weighted by atomic mass is 35.5. The van der Waals surface area contributed by atoms with Crippen LogP contribution in [-0.2, 0) is 11.2 Å². The molecule has 0 fully saturated rings. The summed E-state index contributed by atoms with van der Waals surface area (Å²) in [5, 5.41) is 1.82. The Bertz CT molecular complexity index is 1130. The number of carbonyl (C=O) groups excluding carboxylic acids is 1. The molecular formula is C28H34Cl2N2O3. The molecule has 2 aromatic carbocycles. The number of carbonyl (C=O) groups is 1. The first-order chi connectivity index (χ1) is 17.0. The van der Waals surface area contributed by atoms with Crippen molar-refractivity contribution in [1.82, 2.24) is 9.88 Å². The van der Waals surface area contributed by atoms with Crippen molar-refractivity contribution in [3.8, 4) is 5.75 Å². The fraction of sp³-hybridized carbons (Fsp3) is 0.464. The monoisotopic (exact) mass is 516 g/mol. The second kappa shape index (κ2) is 12.0. The number of rotatable bonds is 10. The fourth-order valence-electron chi connectivity index (χ4n) is 4.61. The van der Waals surface area contributed by atoms with Gasteiger partial charge in [-0.3, -0.25) is 4.90 Å². The molecule has 0 aliphatic carbocycles. The van der Waals surface area contributed by atoms with Crippen molar-refractivity contribution in [2.75, 3.05) is 25.6 Å². The van der Waals surface area contributed by atoms with Gasteiger partial charge in [0.1, 0.15) is 11.8 Å². The highest BCUT2D eigenvalue weighted by Crippen LogP contribution is 2.39. The number of amides is 1. The van der Waals surface area contributed by atoms with Crippen LogP contribution in [0.3, 0.4) is 0 Å². The number of H-pyrrole nitrogens is 1. The number of aromatic nitrogens is 1. The van der Waals surface area contributed by atoms with Crippen molar-refractivity contribution in [2.24, 2.45) is 5.92 Å². The van der Waals surface area contributed by atoms with Gasteiger partial charge in [-0.1, -0.05) is 50.4 Å². The van der Waals surface area contributed by atoms with Gasteiger partial charge in [0.15, 0.2) is 0 Å². The van der Waals surface area contributed by atoms with E-state index in [9.17, 15) is 4.79 Å². The maximum absolute atomic E-state index is 13.1. The maximum Gasteiger partial charge on any atom is 0.410 e. The second-order valence-corrected chi connectivity index (χ2v) is 10.4. The lowest BCUT2D eigenvalue weighted by Gasteiger charge is -2.35. The highest BCUT2D eigenvalue weighted by Gasteiger charge is 2.35. The molecule has 4 rings (SSSR count). The van der Waals surface area contributed by atoms with Gasteiger partial charge in [0, 0.05) is 34.0 Å². The van der Waals surface area contributed by atoms with Gasteiger partial charge in [0.25, 0.3) is 0 Å². The number of hydrogen-bond acceptors (Lipinski definition) is 3. The summed E-state index contributed by atoms with van der Waals surface area (Å²) in [4.78, 5) is 18.5. The number of nitrogens with one attached hydrogen (secondary N) is 1. The van der Waals surface area contributed by atoms with Crippen LogP contribution in [0.1, 0.15) is 62.4 Å². The summed E-state index contributed by atoms with van der Waals surface area (Å²) in [5.41, 5.74) is 4.26. The lowest BCUT2D eigenvalue weighted by Crippen LogP contribution is -2.41. The topological polar surface area (TPSA) is 54.6 Å². The van der Waals surface area contributed by atoms with E-state index < -0.39 is 0 Å². The molecule has 0 bridgehead atoms. The van der Waals surface area contributed by atoms with Gasteiger partial charge in [-0.05, 0) is 66.6 Å². The van der Waals surface area contributed by atoms with Gasteiger partial charge in [-0.25, -0.2) is 4.79 Å². The Morgan fingerprint density at radius 2 is 1.89 bits per heavy atom. The van der Waals surface area contributed by atoms with Crippen LogP contribution in [0, 0.1) is 5.92 Å². The number of ether oxygens (including phenoxy) is 2. The van der Waals surface area contributed by atoms with Crippen LogP contribution in [0.15, 0.2) is 42.5 Å². The summed E-state index contributed by atoms with van der Waals surface area (Å²) in [6.07, 6.45) is 4.77. The SMILES string of the molecule is CC(C)COC(=O)N1CCc2c([nH]c3ccc(Cl)cc23)C1c1ccc(OCCCCCCCl)cc1. The minimum Gasteiger partial charge on any atom is -0.494 e. The van der Waals surface area contributed by atoms with E-state index >= 15 is 0 Å². The molecule has 1 N–H and O–H groups in total. The van der Waals surface area contributed by atoms with E-state index in [1.807, 2.05) is 61.2 Å². The molecule has 3 aromatic rings. The van der Waals surface area contributed by atoms with Crippen LogP contribution in [-0.4, -0.2) is 41.6 Å². The Morgan fingerprint density at radius 1 is 1.11 bits per heavy atom. The molecule has 1 unspecified atom stereocenters. The zero-order chi connectivity index (χ0) is 24.8. The molecule has 1 aliphatic rings. The lowest BCUT2D eigenvalue weighted by molar-refractivity contribution is 0.0797. The molecule has 0 radical (unpaired) electrons. The van der Waals surface area contributed by atoms with Crippen molar-refractivity contribution in [3.63, 3.8) is 0 Å². The third kappa shape index (κ3) is 6.25. The molecule has 5 nitrogen and oxygen atoms in total. The number of aromatic amines is 1. The van der Waals surface area contributed by atoms with Crippen molar-refractivity contribution < 1.29 is 14.3 Å². The second-order valence-electron chi connectivity index (χ2n) is 9.54. The number of alkyl halides is 1. The number of hydrogen-bond donors (Lipinski definition) is 1. The van der Waals surface area contributed by atoms with Crippen LogP contribution in [0.5, 0.6) is 5.75 Å². The smallest absolute Gasteiger partial charge is 0.410 e. The Labute approximate surface area is 217 Å². The van der Waals surface area contributed by atoms with Crippen LogP contribution >= 0.6 is 23.2 Å². The minimum absolute atomic E-state index is 0.269. The van der Waals surface area contributed by atoms with Crippen LogP contribution in [0.25, 0.3) is 10.9 Å². The van der Waals surface area contributed by atoms with Gasteiger partial charge in [-0.15, -0.1) is 11.6 Å². The number of benzene rings is 2. The van der Waals surface area contributed by atoms with Gasteiger partial charge >= 0.3 is 6.09 Å². The Balaban J connectivity index is 1.57. The van der Waals surface area contributed by atoms with Gasteiger partial charge in [0.2, 0.25) is 0 Å². The summed E-state index contributed by atoms with van der Waals surface area (Å²) in [7, 11) is 0. The first-order valence-corrected chi connectivity index (χ1v) is 13.4. The predicted molar refractivity (Wildman–Crippen MR) is 143 cm³/mol. The van der Waals surface area contributed by atoms with Crippen molar-refractivity contribution in [1.29, 1.82) is 0 Å². The molecule has 0 saturated carbocycles. The maximum atomic E-state index is 13.1. The first-order valence-electron chi connectivity index (χ1n) is 12.5. The van der Waals surface area contributed by atoms with E-state index in [0.717, 1.165) is 65.9 Å². The quantitative estimate of drug-likeness (QED) is 0.221. The highest BCUT2D eigenvalue weighted by molar-refractivity contribution is 6.31. The molecule has 35 heavy (non-hydrogen) atoms. The van der Waals surface area contributed by atoms with E-state index in [-0.39, 0.29) is 18.1 Å². The van der Waals surface area contributed by atoms with Crippen molar-refractivity contribution >= 4 is 40.2 Å². The van der Waals surface area contributed by atoms with Crippen molar-refractivity contribution in [2.45, 2.75) is 52.0 Å². The Kier molecular flexibility index (Phi) is 8.85. The molecule has 188 valence electrons. The number of unbranched alkanes of at least 4 members (excludes halogenated alkanes) is 3. The first kappa shape index (κ1) is 25.7. The molecule has 1 atom stereocenters. The zero-order valence-corrected chi connectivity index (χ0v) is 22.0. The fourth-order valence-corrected chi connectivity index (χ4v) is 4.97. The average Bonchev–Trinajstić information content (AvgIpc) is 3.22. The summed E-state index contributed by atoms with van der Waals surface area (Å²) in [6, 6.07) is 13.7. The number of fused-ring (bicyclic) bond motifs is 3. The molecule has 1 aromatic heterocycles. The van der Waals surface area contributed by atoms with Gasteiger partial charge in [0.05, 0.1) is 13.2 Å². The number of halogens is 2. The third-order valence-electron chi connectivity index (χ3n) is 6.36. The van der Waals surface area contributed by atoms with Gasteiger partial charge < -0.3 is 14.5 Å². The number of nitrogens with zero attached hydrogens (tertiary/aromatic N) is 1. The van der Waals surface area contributed by atoms with E-state index in [2.05, 4.69) is 4.98 Å². The molecule has 2 heterocycles. The van der Waals surface area contributed by atoms with E-state index in [1.165, 1.54) is 5.56 Å². The van der Waals surface area contributed by atoms with Crippen molar-refractivity contribution in [3.05, 3.63) is 64.3 Å². The molecular weight excluding hydrogens is 483 g/mol. The Morgan fingerprint density at radius 3 is 2.63 bits per heavy atom. The molecule has 0 saturated heterocycles. The Hall–Kier alpha value is -2.37. The summed E-state index contributed by atoms with van der Waals surface area (Å²) < 4.78 is 11.6. The molecule has 0 spiro atoms. The summed E-state index contributed by atoms with van der Waals surface area (Å²) in [5.74, 6) is 1.83. The summed E-state index contributed by atoms with van der Waals surface area (Å²) >= 11 is 12.0. The average molecular weight is 517 g/mol. The van der Waals surface area contributed by atoms with Gasteiger partial charge in [-0.2, -0.15) is 0 Å². The van der Waals surface area contributed by atoms with E-state index in [1.54, 1.807) is 0 Å². The minimum atomic E-state index is -0.289. The van der Waals surface area contributed by atoms with Crippen LogP contribution in [0.4, 0.5) is 4.79 Å². The normalized spacial score (nSPS) is 15.5. The summed E-state index contributed by atoms with van der Waals surface area (Å²) in [6.45, 7) is 5.74. The lowest BCUT2D eigenvalue weighted by atomic mass is 9.92. The van der Waals surface area contributed by atoms with E-state index in [0.29, 0.717) is 24.8 Å². The zero-order valence-electron chi connectivity index (χ0n) is 20.5. The van der Waals surface area contributed by atoms with Crippen LogP contribution in [0.2, 0.25) is 5.02 Å². The van der Waals surface area contributed by atoms with E-state index in [4.69, 9.17) is 32.7 Å².